The number of rotatable bonds is 4. The molecule has 0 fully saturated rings. The Morgan fingerprint density at radius 1 is 0.862 bits per heavy atom. The average molecular weight is 415 g/mol. The molecule has 1 aromatic heterocycles. The highest BCUT2D eigenvalue weighted by molar-refractivity contribution is 5.76. The SMILES string of the molecule is Oc1ccc(-c2nccnc2Nc2ccc(C(F)(F)F)cc2)cc1OC(F)(F)F. The van der Waals surface area contributed by atoms with E-state index in [1.54, 1.807) is 0 Å². The topological polar surface area (TPSA) is 67.3 Å². The van der Waals surface area contributed by atoms with Crippen LogP contribution in [0.5, 0.6) is 11.5 Å². The minimum Gasteiger partial charge on any atom is -0.504 e. The molecule has 5 nitrogen and oxygen atoms in total. The molecule has 0 radical (unpaired) electrons. The van der Waals surface area contributed by atoms with E-state index in [-0.39, 0.29) is 22.8 Å². The Hall–Kier alpha value is -3.50. The van der Waals surface area contributed by atoms with Crippen LogP contribution in [0, 0.1) is 0 Å². The summed E-state index contributed by atoms with van der Waals surface area (Å²) in [5, 5.41) is 12.3. The van der Waals surface area contributed by atoms with Gasteiger partial charge in [0.05, 0.1) is 5.56 Å². The van der Waals surface area contributed by atoms with Gasteiger partial charge in [-0.1, -0.05) is 0 Å². The summed E-state index contributed by atoms with van der Waals surface area (Å²) in [6.45, 7) is 0. The van der Waals surface area contributed by atoms with Crippen LogP contribution in [0.15, 0.2) is 54.9 Å². The predicted molar refractivity (Wildman–Crippen MR) is 90.5 cm³/mol. The molecule has 29 heavy (non-hydrogen) atoms. The van der Waals surface area contributed by atoms with Gasteiger partial charge in [0.1, 0.15) is 5.69 Å². The summed E-state index contributed by atoms with van der Waals surface area (Å²) in [5.74, 6) is -1.48. The first-order valence-electron chi connectivity index (χ1n) is 7.87. The Kier molecular flexibility index (Phi) is 5.23. The molecule has 11 heteroatoms. The number of benzene rings is 2. The number of halogens is 6. The van der Waals surface area contributed by atoms with Gasteiger partial charge in [-0.05, 0) is 42.5 Å². The Morgan fingerprint density at radius 2 is 1.52 bits per heavy atom. The molecule has 0 atom stereocenters. The van der Waals surface area contributed by atoms with Crippen molar-refractivity contribution in [3.63, 3.8) is 0 Å². The lowest BCUT2D eigenvalue weighted by molar-refractivity contribution is -0.275. The number of phenols is 1. The van der Waals surface area contributed by atoms with E-state index < -0.39 is 29.6 Å². The van der Waals surface area contributed by atoms with Crippen molar-refractivity contribution in [2.24, 2.45) is 0 Å². The van der Waals surface area contributed by atoms with Crippen LogP contribution in [-0.4, -0.2) is 21.4 Å². The van der Waals surface area contributed by atoms with E-state index in [0.29, 0.717) is 0 Å². The lowest BCUT2D eigenvalue weighted by atomic mass is 10.1. The van der Waals surface area contributed by atoms with Gasteiger partial charge in [-0.15, -0.1) is 13.2 Å². The van der Waals surface area contributed by atoms with Crippen molar-refractivity contribution in [2.75, 3.05) is 5.32 Å². The number of aromatic nitrogens is 2. The van der Waals surface area contributed by atoms with Gasteiger partial charge in [-0.3, -0.25) is 4.98 Å². The van der Waals surface area contributed by atoms with Crippen molar-refractivity contribution < 1.29 is 36.2 Å². The van der Waals surface area contributed by atoms with Gasteiger partial charge in [0, 0.05) is 23.6 Å². The minimum atomic E-state index is -5.01. The number of alkyl halides is 6. The number of aromatic hydroxyl groups is 1. The maximum atomic E-state index is 12.7. The highest BCUT2D eigenvalue weighted by Crippen LogP contribution is 2.37. The van der Waals surface area contributed by atoms with Gasteiger partial charge < -0.3 is 15.2 Å². The molecule has 0 aliphatic rings. The van der Waals surface area contributed by atoms with Crippen LogP contribution in [0.1, 0.15) is 5.56 Å². The summed E-state index contributed by atoms with van der Waals surface area (Å²) in [7, 11) is 0. The molecule has 0 saturated heterocycles. The lowest BCUT2D eigenvalue weighted by Gasteiger charge is -2.14. The number of nitrogens with one attached hydrogen (secondary N) is 1. The summed E-state index contributed by atoms with van der Waals surface area (Å²) < 4.78 is 79.2. The molecule has 0 amide bonds. The van der Waals surface area contributed by atoms with Gasteiger partial charge in [-0.25, -0.2) is 4.98 Å². The second-order valence-corrected chi connectivity index (χ2v) is 5.68. The van der Waals surface area contributed by atoms with Gasteiger partial charge in [0.15, 0.2) is 17.3 Å². The van der Waals surface area contributed by atoms with E-state index in [4.69, 9.17) is 0 Å². The molecule has 1 heterocycles. The Bertz CT molecular complexity index is 1000. The first-order valence-corrected chi connectivity index (χ1v) is 7.87. The number of hydrogen-bond acceptors (Lipinski definition) is 5. The van der Waals surface area contributed by atoms with Gasteiger partial charge in [0.2, 0.25) is 0 Å². The summed E-state index contributed by atoms with van der Waals surface area (Å²) in [5.41, 5.74) is -0.357. The van der Waals surface area contributed by atoms with Gasteiger partial charge in [0.25, 0.3) is 0 Å². The number of ether oxygens (including phenoxy) is 1. The van der Waals surface area contributed by atoms with Crippen LogP contribution in [-0.2, 0) is 6.18 Å². The second-order valence-electron chi connectivity index (χ2n) is 5.68. The standard InChI is InChI=1S/C18H11F6N3O2/c19-17(20,21)11-2-4-12(5-3-11)27-16-15(25-7-8-26-16)10-1-6-13(28)14(9-10)29-18(22,23)24/h1-9,28H,(H,26,27). The predicted octanol–water partition coefficient (Wildman–Crippen LogP) is 5.51. The van der Waals surface area contributed by atoms with Crippen molar-refractivity contribution in [3.05, 3.63) is 60.4 Å². The van der Waals surface area contributed by atoms with E-state index in [1.165, 1.54) is 30.6 Å². The van der Waals surface area contributed by atoms with E-state index in [2.05, 4.69) is 20.0 Å². The molecular formula is C18H11F6N3O2. The molecule has 0 bridgehead atoms. The molecule has 2 N–H and O–H groups in total. The van der Waals surface area contributed by atoms with E-state index in [0.717, 1.165) is 24.3 Å². The lowest BCUT2D eigenvalue weighted by Crippen LogP contribution is -2.17. The van der Waals surface area contributed by atoms with Crippen molar-refractivity contribution in [1.82, 2.24) is 9.97 Å². The van der Waals surface area contributed by atoms with Crippen LogP contribution in [0.4, 0.5) is 37.8 Å². The molecule has 3 rings (SSSR count). The van der Waals surface area contributed by atoms with E-state index in [1.807, 2.05) is 0 Å². The highest BCUT2D eigenvalue weighted by atomic mass is 19.4. The van der Waals surface area contributed by atoms with Gasteiger partial charge >= 0.3 is 12.5 Å². The van der Waals surface area contributed by atoms with Crippen molar-refractivity contribution in [2.45, 2.75) is 12.5 Å². The largest absolute Gasteiger partial charge is 0.573 e. The third kappa shape index (κ3) is 5.06. The zero-order valence-corrected chi connectivity index (χ0v) is 14.2. The monoisotopic (exact) mass is 415 g/mol. The maximum absolute atomic E-state index is 12.7. The Labute approximate surface area is 159 Å². The minimum absolute atomic E-state index is 0.0795. The summed E-state index contributed by atoms with van der Waals surface area (Å²) in [6, 6.07) is 7.30. The fraction of sp³-hybridized carbons (Fsp3) is 0.111. The third-order valence-electron chi connectivity index (χ3n) is 3.63. The molecule has 2 aromatic carbocycles. The van der Waals surface area contributed by atoms with Crippen LogP contribution < -0.4 is 10.1 Å². The molecule has 0 spiro atoms. The number of nitrogens with zero attached hydrogens (tertiary/aromatic N) is 2. The normalized spacial score (nSPS) is 11.9. The number of hydrogen-bond donors (Lipinski definition) is 2. The first-order chi connectivity index (χ1) is 13.5. The first kappa shape index (κ1) is 20.2. The molecule has 0 aliphatic carbocycles. The van der Waals surface area contributed by atoms with Crippen molar-refractivity contribution in [1.29, 1.82) is 0 Å². The van der Waals surface area contributed by atoms with E-state index in [9.17, 15) is 31.4 Å². The molecular weight excluding hydrogens is 404 g/mol. The van der Waals surface area contributed by atoms with Crippen LogP contribution in [0.25, 0.3) is 11.3 Å². The molecule has 3 aromatic rings. The second kappa shape index (κ2) is 7.49. The average Bonchev–Trinajstić information content (AvgIpc) is 2.63. The van der Waals surface area contributed by atoms with Crippen molar-refractivity contribution in [3.8, 4) is 22.8 Å². The maximum Gasteiger partial charge on any atom is 0.573 e. The zero-order valence-electron chi connectivity index (χ0n) is 14.2. The Morgan fingerprint density at radius 3 is 2.14 bits per heavy atom. The highest BCUT2D eigenvalue weighted by Gasteiger charge is 2.32. The molecule has 0 aliphatic heterocycles. The summed E-state index contributed by atoms with van der Waals surface area (Å²) in [4.78, 5) is 8.07. The zero-order chi connectivity index (χ0) is 21.2. The van der Waals surface area contributed by atoms with E-state index >= 15 is 0 Å². The Balaban J connectivity index is 1.93. The van der Waals surface area contributed by atoms with Crippen LogP contribution >= 0.6 is 0 Å². The number of phenolic OH excluding ortho intramolecular Hbond substituents is 1. The summed E-state index contributed by atoms with van der Waals surface area (Å²) in [6.07, 6.45) is -6.93. The molecule has 0 unspecified atom stereocenters. The number of anilines is 2. The fourth-order valence-electron chi connectivity index (χ4n) is 2.39. The smallest absolute Gasteiger partial charge is 0.504 e. The fourth-order valence-corrected chi connectivity index (χ4v) is 2.39. The third-order valence-corrected chi connectivity index (χ3v) is 3.63. The summed E-state index contributed by atoms with van der Waals surface area (Å²) >= 11 is 0. The molecule has 152 valence electrons. The van der Waals surface area contributed by atoms with Crippen LogP contribution in [0.2, 0.25) is 0 Å². The van der Waals surface area contributed by atoms with Crippen LogP contribution in [0.3, 0.4) is 0 Å². The van der Waals surface area contributed by atoms with Crippen molar-refractivity contribution >= 4 is 11.5 Å². The molecule has 0 saturated carbocycles. The van der Waals surface area contributed by atoms with Gasteiger partial charge in [-0.2, -0.15) is 13.2 Å². The quantitative estimate of drug-likeness (QED) is 0.550.